The molecular weight excluding hydrogens is 100 g/mol. The average molecular weight is 116 g/mol. The van der Waals surface area contributed by atoms with Gasteiger partial charge in [0.05, 0.1) is 6.10 Å². The van der Waals surface area contributed by atoms with E-state index in [4.69, 9.17) is 4.74 Å². The van der Waals surface area contributed by atoms with Crippen LogP contribution in [-0.2, 0) is 4.74 Å². The van der Waals surface area contributed by atoms with Crippen molar-refractivity contribution in [3.63, 3.8) is 0 Å². The Hall–Kier alpha value is -0.0400. The molecule has 0 aromatic rings. The highest BCUT2D eigenvalue weighted by atomic mass is 16.5. The summed E-state index contributed by atoms with van der Waals surface area (Å²) < 4.78 is 5.15. The minimum atomic E-state index is 0.546. The summed E-state index contributed by atoms with van der Waals surface area (Å²) >= 11 is 0. The van der Waals surface area contributed by atoms with E-state index < -0.39 is 0 Å². The normalized spacial score (nSPS) is 26.6. The van der Waals surface area contributed by atoms with E-state index in [0.29, 0.717) is 6.10 Å². The smallest absolute Gasteiger partial charge is 0.0547 e. The van der Waals surface area contributed by atoms with E-state index >= 15 is 0 Å². The van der Waals surface area contributed by atoms with Crippen molar-refractivity contribution in [2.45, 2.75) is 39.7 Å². The molecule has 1 rings (SSSR count). The Morgan fingerprint density at radius 2 is 2.00 bits per heavy atom. The van der Waals surface area contributed by atoms with Crippen LogP contribution in [0.2, 0.25) is 0 Å². The SMILES string of the molecule is CC.C[C@H]1CCCO1. The molecule has 0 bridgehead atoms. The van der Waals surface area contributed by atoms with Crippen LogP contribution in [0.5, 0.6) is 0 Å². The second-order valence-corrected chi connectivity index (χ2v) is 1.82. The van der Waals surface area contributed by atoms with E-state index in [2.05, 4.69) is 6.92 Å². The van der Waals surface area contributed by atoms with Crippen molar-refractivity contribution in [1.29, 1.82) is 0 Å². The van der Waals surface area contributed by atoms with Gasteiger partial charge in [0.1, 0.15) is 0 Å². The third-order valence-electron chi connectivity index (χ3n) is 1.16. The fourth-order valence-corrected chi connectivity index (χ4v) is 0.739. The molecule has 8 heavy (non-hydrogen) atoms. The zero-order valence-electron chi connectivity index (χ0n) is 6.11. The second kappa shape index (κ2) is 5.10. The summed E-state index contributed by atoms with van der Waals surface area (Å²) in [7, 11) is 0. The monoisotopic (exact) mass is 116 g/mol. The first-order valence-electron chi connectivity index (χ1n) is 3.51. The molecule has 0 spiro atoms. The second-order valence-electron chi connectivity index (χ2n) is 1.82. The minimum Gasteiger partial charge on any atom is -0.379 e. The van der Waals surface area contributed by atoms with Crippen LogP contribution in [0, 0.1) is 0 Å². The molecule has 50 valence electrons. The molecule has 1 fully saturated rings. The van der Waals surface area contributed by atoms with Gasteiger partial charge in [0, 0.05) is 6.61 Å². The van der Waals surface area contributed by atoms with Crippen molar-refractivity contribution in [2.24, 2.45) is 0 Å². The quantitative estimate of drug-likeness (QED) is 0.471. The lowest BCUT2D eigenvalue weighted by Crippen LogP contribution is -1.94. The fraction of sp³-hybridized carbons (Fsp3) is 1.00. The van der Waals surface area contributed by atoms with Gasteiger partial charge in [0.2, 0.25) is 0 Å². The van der Waals surface area contributed by atoms with Crippen molar-refractivity contribution in [3.8, 4) is 0 Å². The lowest BCUT2D eigenvalue weighted by Gasteiger charge is -1.94. The maximum atomic E-state index is 5.15. The lowest BCUT2D eigenvalue weighted by molar-refractivity contribution is 0.125. The standard InChI is InChI=1S/C5H10O.C2H6/c1-5-3-2-4-6-5;1-2/h5H,2-4H2,1H3;1-2H3/t5-;/m0./s1. The van der Waals surface area contributed by atoms with E-state index in [-0.39, 0.29) is 0 Å². The van der Waals surface area contributed by atoms with Gasteiger partial charge in [0.25, 0.3) is 0 Å². The van der Waals surface area contributed by atoms with Crippen LogP contribution in [0.15, 0.2) is 0 Å². The highest BCUT2D eigenvalue weighted by Gasteiger charge is 2.07. The molecule has 0 radical (unpaired) electrons. The summed E-state index contributed by atoms with van der Waals surface area (Å²) in [6.45, 7) is 7.11. The molecular formula is C7H16O. The Labute approximate surface area is 52.0 Å². The lowest BCUT2D eigenvalue weighted by atomic mass is 10.3. The average Bonchev–Trinajstić information content (AvgIpc) is 2.24. The number of hydrogen-bond acceptors (Lipinski definition) is 1. The van der Waals surface area contributed by atoms with Gasteiger partial charge in [-0.1, -0.05) is 13.8 Å². The molecule has 0 N–H and O–H groups in total. The van der Waals surface area contributed by atoms with Gasteiger partial charge in [-0.2, -0.15) is 0 Å². The van der Waals surface area contributed by atoms with Crippen LogP contribution in [0.25, 0.3) is 0 Å². The number of ether oxygens (including phenoxy) is 1. The Morgan fingerprint density at radius 1 is 1.38 bits per heavy atom. The molecule has 0 saturated carbocycles. The first-order valence-corrected chi connectivity index (χ1v) is 3.51. The molecule has 0 aliphatic carbocycles. The van der Waals surface area contributed by atoms with Crippen molar-refractivity contribution in [1.82, 2.24) is 0 Å². The van der Waals surface area contributed by atoms with Crippen LogP contribution >= 0.6 is 0 Å². The number of rotatable bonds is 0. The van der Waals surface area contributed by atoms with Crippen molar-refractivity contribution < 1.29 is 4.74 Å². The van der Waals surface area contributed by atoms with Crippen molar-refractivity contribution in [2.75, 3.05) is 6.61 Å². The highest BCUT2D eigenvalue weighted by Crippen LogP contribution is 2.09. The molecule has 0 amide bonds. The first-order chi connectivity index (χ1) is 3.89. The van der Waals surface area contributed by atoms with Gasteiger partial charge >= 0.3 is 0 Å². The molecule has 1 saturated heterocycles. The molecule has 0 aromatic heterocycles. The predicted octanol–water partition coefficient (Wildman–Crippen LogP) is 2.21. The summed E-state index contributed by atoms with van der Waals surface area (Å²) in [4.78, 5) is 0. The zero-order valence-corrected chi connectivity index (χ0v) is 6.11. The maximum absolute atomic E-state index is 5.15. The Balaban J connectivity index is 0.000000222. The molecule has 0 aromatic carbocycles. The van der Waals surface area contributed by atoms with E-state index in [1.165, 1.54) is 12.8 Å². The third kappa shape index (κ3) is 3.03. The van der Waals surface area contributed by atoms with Gasteiger partial charge in [0.15, 0.2) is 0 Å². The topological polar surface area (TPSA) is 9.23 Å². The van der Waals surface area contributed by atoms with Crippen LogP contribution < -0.4 is 0 Å². The van der Waals surface area contributed by atoms with Crippen LogP contribution in [-0.4, -0.2) is 12.7 Å². The van der Waals surface area contributed by atoms with Crippen LogP contribution in [0.4, 0.5) is 0 Å². The summed E-state index contributed by atoms with van der Waals surface area (Å²) in [6.07, 6.45) is 3.08. The van der Waals surface area contributed by atoms with E-state index in [1.807, 2.05) is 13.8 Å². The molecule has 1 nitrogen and oxygen atoms in total. The first kappa shape index (κ1) is 7.96. The van der Waals surface area contributed by atoms with E-state index in [0.717, 1.165) is 6.61 Å². The maximum Gasteiger partial charge on any atom is 0.0547 e. The molecule has 1 heterocycles. The Bertz CT molecular complexity index is 37.7. The van der Waals surface area contributed by atoms with Gasteiger partial charge in [-0.3, -0.25) is 0 Å². The Kier molecular flexibility index (Phi) is 5.08. The molecule has 1 heteroatoms. The predicted molar refractivity (Wildman–Crippen MR) is 36.0 cm³/mol. The summed E-state index contributed by atoms with van der Waals surface area (Å²) in [6, 6.07) is 0. The third-order valence-corrected chi connectivity index (χ3v) is 1.16. The summed E-state index contributed by atoms with van der Waals surface area (Å²) in [5.74, 6) is 0. The molecule has 1 aliphatic heterocycles. The van der Waals surface area contributed by atoms with E-state index in [9.17, 15) is 0 Å². The molecule has 1 aliphatic rings. The van der Waals surface area contributed by atoms with Crippen molar-refractivity contribution >= 4 is 0 Å². The highest BCUT2D eigenvalue weighted by molar-refractivity contribution is 4.56. The minimum absolute atomic E-state index is 0.546. The van der Waals surface area contributed by atoms with Crippen LogP contribution in [0.1, 0.15) is 33.6 Å². The van der Waals surface area contributed by atoms with E-state index in [1.54, 1.807) is 0 Å². The Morgan fingerprint density at radius 3 is 2.12 bits per heavy atom. The summed E-state index contributed by atoms with van der Waals surface area (Å²) in [5.41, 5.74) is 0. The summed E-state index contributed by atoms with van der Waals surface area (Å²) in [5, 5.41) is 0. The van der Waals surface area contributed by atoms with Gasteiger partial charge in [-0.15, -0.1) is 0 Å². The van der Waals surface area contributed by atoms with Crippen LogP contribution in [0.3, 0.4) is 0 Å². The van der Waals surface area contributed by atoms with Crippen molar-refractivity contribution in [3.05, 3.63) is 0 Å². The zero-order chi connectivity index (χ0) is 6.41. The fourth-order valence-electron chi connectivity index (χ4n) is 0.739. The molecule has 0 unspecified atom stereocenters. The molecule has 1 atom stereocenters. The van der Waals surface area contributed by atoms with Gasteiger partial charge in [-0.05, 0) is 19.8 Å². The van der Waals surface area contributed by atoms with Gasteiger partial charge in [-0.25, -0.2) is 0 Å². The van der Waals surface area contributed by atoms with Gasteiger partial charge < -0.3 is 4.74 Å². The largest absolute Gasteiger partial charge is 0.379 e. The number of hydrogen-bond donors (Lipinski definition) is 0.